The van der Waals surface area contributed by atoms with Gasteiger partial charge in [0.1, 0.15) is 4.64 Å². The Morgan fingerprint density at radius 1 is 0.938 bits per heavy atom. The molecule has 82 valence electrons. The smallest absolute Gasteiger partial charge is 0.106 e. The Bertz CT molecular complexity index is 487. The molecule has 0 fully saturated rings. The van der Waals surface area contributed by atoms with Gasteiger partial charge < -0.3 is 4.98 Å². The standard InChI is InChI=1S/C14H15NS/c16-14-13(10-5-11-15-14)9-4-8-12-6-2-1-3-7-12/h1-3,5-7,10-11H,4,8-9H2,(H,15,16). The molecule has 1 aromatic heterocycles. The zero-order valence-corrected chi connectivity index (χ0v) is 9.96. The average molecular weight is 229 g/mol. The average Bonchev–Trinajstić information content (AvgIpc) is 2.33. The number of pyridine rings is 1. The Kier molecular flexibility index (Phi) is 3.89. The minimum absolute atomic E-state index is 0.871. The largest absolute Gasteiger partial charge is 0.353 e. The van der Waals surface area contributed by atoms with Gasteiger partial charge in [0.15, 0.2) is 0 Å². The van der Waals surface area contributed by atoms with E-state index in [1.165, 1.54) is 11.1 Å². The van der Waals surface area contributed by atoms with Crippen molar-refractivity contribution in [3.05, 3.63) is 64.4 Å². The minimum atomic E-state index is 0.871. The molecule has 16 heavy (non-hydrogen) atoms. The van der Waals surface area contributed by atoms with Crippen molar-refractivity contribution in [2.45, 2.75) is 19.3 Å². The number of hydrogen-bond acceptors (Lipinski definition) is 1. The van der Waals surface area contributed by atoms with Gasteiger partial charge in [-0.15, -0.1) is 0 Å². The highest BCUT2D eigenvalue weighted by Gasteiger charge is 1.96. The van der Waals surface area contributed by atoms with Crippen LogP contribution in [-0.4, -0.2) is 4.98 Å². The molecule has 1 heterocycles. The molecule has 1 nitrogen and oxygen atoms in total. The number of aromatic nitrogens is 1. The summed E-state index contributed by atoms with van der Waals surface area (Å²) in [4.78, 5) is 3.06. The quantitative estimate of drug-likeness (QED) is 0.786. The Balaban J connectivity index is 1.90. The Morgan fingerprint density at radius 3 is 2.50 bits per heavy atom. The van der Waals surface area contributed by atoms with E-state index in [-0.39, 0.29) is 0 Å². The van der Waals surface area contributed by atoms with Crippen LogP contribution in [0.2, 0.25) is 0 Å². The SMILES string of the molecule is S=c1[nH]cccc1CCCc1ccccc1. The molecule has 0 aliphatic heterocycles. The summed E-state index contributed by atoms with van der Waals surface area (Å²) >= 11 is 5.23. The van der Waals surface area contributed by atoms with Gasteiger partial charge in [0.05, 0.1) is 0 Å². The number of rotatable bonds is 4. The van der Waals surface area contributed by atoms with E-state index in [1.54, 1.807) is 0 Å². The lowest BCUT2D eigenvalue weighted by molar-refractivity contribution is 0.815. The maximum atomic E-state index is 5.23. The summed E-state index contributed by atoms with van der Waals surface area (Å²) in [5.74, 6) is 0. The maximum Gasteiger partial charge on any atom is 0.106 e. The molecule has 2 heteroatoms. The van der Waals surface area contributed by atoms with Crippen molar-refractivity contribution in [2.75, 3.05) is 0 Å². The molecule has 0 saturated heterocycles. The van der Waals surface area contributed by atoms with E-state index in [9.17, 15) is 0 Å². The molecule has 0 spiro atoms. The van der Waals surface area contributed by atoms with Gasteiger partial charge in [0, 0.05) is 6.20 Å². The molecule has 2 rings (SSSR count). The second-order valence-corrected chi connectivity index (χ2v) is 4.27. The van der Waals surface area contributed by atoms with Gasteiger partial charge in [-0.1, -0.05) is 48.6 Å². The Labute approximate surface area is 101 Å². The Hall–Kier alpha value is -1.41. The van der Waals surface area contributed by atoms with Crippen molar-refractivity contribution in [1.29, 1.82) is 0 Å². The fourth-order valence-electron chi connectivity index (χ4n) is 1.78. The first-order chi connectivity index (χ1) is 7.86. The summed E-state index contributed by atoms with van der Waals surface area (Å²) in [7, 11) is 0. The first-order valence-electron chi connectivity index (χ1n) is 5.57. The molecular weight excluding hydrogens is 214 g/mol. The monoisotopic (exact) mass is 229 g/mol. The zero-order valence-electron chi connectivity index (χ0n) is 9.15. The van der Waals surface area contributed by atoms with E-state index in [4.69, 9.17) is 12.2 Å². The van der Waals surface area contributed by atoms with E-state index in [0.717, 1.165) is 23.9 Å². The van der Waals surface area contributed by atoms with Crippen LogP contribution in [-0.2, 0) is 12.8 Å². The molecule has 0 aliphatic carbocycles. The normalized spacial score (nSPS) is 10.2. The van der Waals surface area contributed by atoms with Crippen LogP contribution in [0.4, 0.5) is 0 Å². The molecule has 0 atom stereocenters. The molecule has 0 saturated carbocycles. The lowest BCUT2D eigenvalue weighted by atomic mass is 10.1. The number of hydrogen-bond donors (Lipinski definition) is 1. The van der Waals surface area contributed by atoms with Crippen molar-refractivity contribution in [3.63, 3.8) is 0 Å². The summed E-state index contributed by atoms with van der Waals surface area (Å²) in [6.07, 6.45) is 5.18. The minimum Gasteiger partial charge on any atom is -0.353 e. The molecule has 0 radical (unpaired) electrons. The molecule has 0 aliphatic rings. The topological polar surface area (TPSA) is 15.8 Å². The van der Waals surface area contributed by atoms with E-state index >= 15 is 0 Å². The second-order valence-electron chi connectivity index (χ2n) is 3.86. The summed E-state index contributed by atoms with van der Waals surface area (Å²) in [5.41, 5.74) is 2.64. The first-order valence-corrected chi connectivity index (χ1v) is 5.97. The number of aryl methyl sites for hydroxylation is 2. The maximum absolute atomic E-state index is 5.23. The third-order valence-corrected chi connectivity index (χ3v) is 3.03. The summed E-state index contributed by atoms with van der Waals surface area (Å²) in [6, 6.07) is 14.7. The molecule has 0 amide bonds. The van der Waals surface area contributed by atoms with Gasteiger partial charge >= 0.3 is 0 Å². The molecular formula is C14H15NS. The summed E-state index contributed by atoms with van der Waals surface area (Å²) < 4.78 is 0.871. The third kappa shape index (κ3) is 3.04. The number of H-pyrrole nitrogens is 1. The first kappa shape index (κ1) is 11.1. The molecule has 0 unspecified atom stereocenters. The lowest BCUT2D eigenvalue weighted by Gasteiger charge is -2.02. The molecule has 1 N–H and O–H groups in total. The highest BCUT2D eigenvalue weighted by atomic mass is 32.1. The summed E-state index contributed by atoms with van der Waals surface area (Å²) in [6.45, 7) is 0. The van der Waals surface area contributed by atoms with E-state index < -0.39 is 0 Å². The van der Waals surface area contributed by atoms with Crippen molar-refractivity contribution >= 4 is 12.2 Å². The fourth-order valence-corrected chi connectivity index (χ4v) is 2.02. The van der Waals surface area contributed by atoms with E-state index in [2.05, 4.69) is 41.4 Å². The molecule has 2 aromatic rings. The van der Waals surface area contributed by atoms with E-state index in [0.29, 0.717) is 0 Å². The number of benzene rings is 1. The van der Waals surface area contributed by atoms with Crippen LogP contribution in [0.3, 0.4) is 0 Å². The van der Waals surface area contributed by atoms with Gasteiger partial charge in [-0.2, -0.15) is 0 Å². The van der Waals surface area contributed by atoms with Gasteiger partial charge in [0.2, 0.25) is 0 Å². The van der Waals surface area contributed by atoms with Crippen LogP contribution in [0.5, 0.6) is 0 Å². The third-order valence-electron chi connectivity index (χ3n) is 2.65. The van der Waals surface area contributed by atoms with E-state index in [1.807, 2.05) is 12.3 Å². The van der Waals surface area contributed by atoms with Crippen molar-refractivity contribution in [3.8, 4) is 0 Å². The number of nitrogens with one attached hydrogen (secondary N) is 1. The van der Waals surface area contributed by atoms with Crippen molar-refractivity contribution in [2.24, 2.45) is 0 Å². The highest BCUT2D eigenvalue weighted by Crippen LogP contribution is 2.08. The van der Waals surface area contributed by atoms with Crippen LogP contribution in [0.25, 0.3) is 0 Å². The lowest BCUT2D eigenvalue weighted by Crippen LogP contribution is -1.91. The van der Waals surface area contributed by atoms with Crippen molar-refractivity contribution in [1.82, 2.24) is 4.98 Å². The zero-order chi connectivity index (χ0) is 11.2. The molecule has 1 aromatic carbocycles. The second kappa shape index (κ2) is 5.61. The Morgan fingerprint density at radius 2 is 1.75 bits per heavy atom. The fraction of sp³-hybridized carbons (Fsp3) is 0.214. The van der Waals surface area contributed by atoms with Crippen LogP contribution >= 0.6 is 12.2 Å². The van der Waals surface area contributed by atoms with Gasteiger partial charge in [-0.25, -0.2) is 0 Å². The number of aromatic amines is 1. The van der Waals surface area contributed by atoms with Crippen LogP contribution in [0.15, 0.2) is 48.7 Å². The van der Waals surface area contributed by atoms with Gasteiger partial charge in [-0.05, 0) is 36.5 Å². The highest BCUT2D eigenvalue weighted by molar-refractivity contribution is 7.71. The van der Waals surface area contributed by atoms with Crippen molar-refractivity contribution < 1.29 is 0 Å². The van der Waals surface area contributed by atoms with Gasteiger partial charge in [-0.3, -0.25) is 0 Å². The predicted octanol–water partition coefficient (Wildman–Crippen LogP) is 3.92. The van der Waals surface area contributed by atoms with Crippen LogP contribution in [0.1, 0.15) is 17.5 Å². The van der Waals surface area contributed by atoms with Gasteiger partial charge in [0.25, 0.3) is 0 Å². The van der Waals surface area contributed by atoms with Crippen LogP contribution in [0, 0.1) is 4.64 Å². The summed E-state index contributed by atoms with van der Waals surface area (Å²) in [5, 5.41) is 0. The van der Waals surface area contributed by atoms with Crippen LogP contribution < -0.4 is 0 Å². The molecule has 0 bridgehead atoms. The predicted molar refractivity (Wildman–Crippen MR) is 70.1 cm³/mol.